The Morgan fingerprint density at radius 1 is 1.45 bits per heavy atom. The van der Waals surface area contributed by atoms with Gasteiger partial charge in [-0.05, 0) is 45.0 Å². The van der Waals surface area contributed by atoms with Crippen molar-refractivity contribution in [1.29, 1.82) is 0 Å². The van der Waals surface area contributed by atoms with Crippen LogP contribution < -0.4 is 5.32 Å². The van der Waals surface area contributed by atoms with Crippen molar-refractivity contribution in [3.63, 3.8) is 0 Å². The van der Waals surface area contributed by atoms with Crippen molar-refractivity contribution >= 4 is 5.91 Å². The van der Waals surface area contributed by atoms with E-state index >= 15 is 0 Å². The van der Waals surface area contributed by atoms with E-state index in [4.69, 9.17) is 4.42 Å². The van der Waals surface area contributed by atoms with Crippen LogP contribution in [0, 0.1) is 6.92 Å². The summed E-state index contributed by atoms with van der Waals surface area (Å²) in [4.78, 5) is 12.1. The minimum atomic E-state index is -1.22. The SMILES string of the molecule is Cc1ccc(C(C)(O)CNC(=O)C(C)n2cccc2)o1. The number of nitrogens with zero attached hydrogens (tertiary/aromatic N) is 1. The van der Waals surface area contributed by atoms with Crippen LogP contribution in [0.2, 0.25) is 0 Å². The average Bonchev–Trinajstić information content (AvgIpc) is 3.06. The molecule has 5 heteroatoms. The first-order chi connectivity index (χ1) is 9.40. The number of hydrogen-bond acceptors (Lipinski definition) is 3. The molecule has 2 aromatic heterocycles. The van der Waals surface area contributed by atoms with Crippen LogP contribution in [-0.4, -0.2) is 22.1 Å². The first-order valence-corrected chi connectivity index (χ1v) is 6.59. The maximum Gasteiger partial charge on any atom is 0.242 e. The Balaban J connectivity index is 1.96. The summed E-state index contributed by atoms with van der Waals surface area (Å²) in [6.07, 6.45) is 3.66. The van der Waals surface area contributed by atoms with Gasteiger partial charge in [-0.15, -0.1) is 0 Å². The summed E-state index contributed by atoms with van der Waals surface area (Å²) in [7, 11) is 0. The fourth-order valence-electron chi connectivity index (χ4n) is 1.96. The number of furan rings is 1. The molecule has 2 rings (SSSR count). The summed E-state index contributed by atoms with van der Waals surface area (Å²) in [5, 5.41) is 13.1. The maximum atomic E-state index is 12.1. The highest BCUT2D eigenvalue weighted by Crippen LogP contribution is 2.22. The van der Waals surface area contributed by atoms with Crippen LogP contribution in [0.25, 0.3) is 0 Å². The maximum absolute atomic E-state index is 12.1. The van der Waals surface area contributed by atoms with Crippen LogP contribution in [-0.2, 0) is 10.4 Å². The van der Waals surface area contributed by atoms with Gasteiger partial charge in [0.25, 0.3) is 0 Å². The molecule has 1 amide bonds. The van der Waals surface area contributed by atoms with Crippen LogP contribution in [0.4, 0.5) is 0 Å². The molecule has 0 saturated carbocycles. The molecule has 0 aromatic carbocycles. The first kappa shape index (κ1) is 14.4. The number of aryl methyl sites for hydroxylation is 1. The Bertz CT molecular complexity index is 570. The summed E-state index contributed by atoms with van der Waals surface area (Å²) < 4.78 is 7.21. The topological polar surface area (TPSA) is 67.4 Å². The molecule has 20 heavy (non-hydrogen) atoms. The summed E-state index contributed by atoms with van der Waals surface area (Å²) >= 11 is 0. The smallest absolute Gasteiger partial charge is 0.242 e. The van der Waals surface area contributed by atoms with E-state index in [1.807, 2.05) is 31.5 Å². The fourth-order valence-corrected chi connectivity index (χ4v) is 1.96. The molecule has 2 unspecified atom stereocenters. The quantitative estimate of drug-likeness (QED) is 0.877. The lowest BCUT2D eigenvalue weighted by Gasteiger charge is -2.23. The molecule has 0 aliphatic heterocycles. The molecule has 0 saturated heterocycles. The number of carbonyl (C=O) groups is 1. The predicted octanol–water partition coefficient (Wildman–Crippen LogP) is 1.97. The molecule has 0 spiro atoms. The van der Waals surface area contributed by atoms with E-state index in [1.54, 1.807) is 30.5 Å². The molecule has 0 aliphatic carbocycles. The number of amides is 1. The third kappa shape index (κ3) is 3.11. The Labute approximate surface area is 118 Å². The van der Waals surface area contributed by atoms with Gasteiger partial charge in [-0.25, -0.2) is 0 Å². The van der Waals surface area contributed by atoms with E-state index in [0.717, 1.165) is 5.76 Å². The van der Waals surface area contributed by atoms with Crippen LogP contribution in [0.3, 0.4) is 0 Å². The molecule has 0 aliphatic rings. The van der Waals surface area contributed by atoms with Crippen molar-refractivity contribution in [1.82, 2.24) is 9.88 Å². The highest BCUT2D eigenvalue weighted by molar-refractivity contribution is 5.79. The summed E-state index contributed by atoms with van der Waals surface area (Å²) in [5.74, 6) is 1.03. The van der Waals surface area contributed by atoms with E-state index in [-0.39, 0.29) is 18.5 Å². The van der Waals surface area contributed by atoms with Crippen LogP contribution in [0.1, 0.15) is 31.4 Å². The van der Waals surface area contributed by atoms with Crippen molar-refractivity contribution in [2.75, 3.05) is 6.54 Å². The van der Waals surface area contributed by atoms with E-state index in [0.29, 0.717) is 5.76 Å². The van der Waals surface area contributed by atoms with E-state index < -0.39 is 5.60 Å². The minimum absolute atomic E-state index is 0.102. The zero-order valence-electron chi connectivity index (χ0n) is 12.0. The summed E-state index contributed by atoms with van der Waals surface area (Å²) in [5.41, 5.74) is -1.22. The Morgan fingerprint density at radius 3 is 2.65 bits per heavy atom. The molecule has 0 fully saturated rings. The molecule has 2 heterocycles. The number of hydrogen-bond donors (Lipinski definition) is 2. The third-order valence-electron chi connectivity index (χ3n) is 3.33. The molecule has 2 N–H and O–H groups in total. The Kier molecular flexibility index (Phi) is 3.99. The zero-order valence-corrected chi connectivity index (χ0v) is 12.0. The van der Waals surface area contributed by atoms with Gasteiger partial charge in [0.15, 0.2) is 0 Å². The molecular formula is C15H20N2O3. The van der Waals surface area contributed by atoms with Gasteiger partial charge in [0.2, 0.25) is 5.91 Å². The molecule has 2 aromatic rings. The fraction of sp³-hybridized carbons (Fsp3) is 0.400. The number of nitrogens with one attached hydrogen (secondary N) is 1. The lowest BCUT2D eigenvalue weighted by molar-refractivity contribution is -0.125. The van der Waals surface area contributed by atoms with Crippen molar-refractivity contribution in [3.8, 4) is 0 Å². The largest absolute Gasteiger partial charge is 0.463 e. The second kappa shape index (κ2) is 5.54. The Hall–Kier alpha value is -2.01. The first-order valence-electron chi connectivity index (χ1n) is 6.59. The molecule has 0 bridgehead atoms. The van der Waals surface area contributed by atoms with E-state index in [9.17, 15) is 9.90 Å². The van der Waals surface area contributed by atoms with Crippen molar-refractivity contribution in [2.45, 2.75) is 32.4 Å². The number of carbonyl (C=O) groups excluding carboxylic acids is 1. The van der Waals surface area contributed by atoms with Gasteiger partial charge in [0.05, 0.1) is 6.54 Å². The monoisotopic (exact) mass is 276 g/mol. The lowest BCUT2D eigenvalue weighted by atomic mass is 10.0. The van der Waals surface area contributed by atoms with Crippen LogP contribution >= 0.6 is 0 Å². The van der Waals surface area contributed by atoms with Gasteiger partial charge in [0, 0.05) is 12.4 Å². The summed E-state index contributed by atoms with van der Waals surface area (Å²) in [6, 6.07) is 6.92. The summed E-state index contributed by atoms with van der Waals surface area (Å²) in [6.45, 7) is 5.34. The third-order valence-corrected chi connectivity index (χ3v) is 3.33. The van der Waals surface area contributed by atoms with Gasteiger partial charge in [-0.1, -0.05) is 0 Å². The second-order valence-corrected chi connectivity index (χ2v) is 5.21. The molecule has 2 atom stereocenters. The standard InChI is InChI=1S/C15H20N2O3/c1-11-6-7-13(20-11)15(3,19)10-16-14(18)12(2)17-8-4-5-9-17/h4-9,12,19H,10H2,1-3H3,(H,16,18). The number of aromatic nitrogens is 1. The second-order valence-electron chi connectivity index (χ2n) is 5.21. The van der Waals surface area contributed by atoms with Crippen molar-refractivity contribution < 1.29 is 14.3 Å². The van der Waals surface area contributed by atoms with Gasteiger partial charge < -0.3 is 19.4 Å². The zero-order chi connectivity index (χ0) is 14.8. The molecule has 5 nitrogen and oxygen atoms in total. The van der Waals surface area contributed by atoms with Gasteiger partial charge in [-0.2, -0.15) is 0 Å². The predicted molar refractivity (Wildman–Crippen MR) is 75.2 cm³/mol. The Morgan fingerprint density at radius 2 is 2.10 bits per heavy atom. The van der Waals surface area contributed by atoms with Crippen molar-refractivity contribution in [2.24, 2.45) is 0 Å². The normalized spacial score (nSPS) is 15.6. The van der Waals surface area contributed by atoms with Gasteiger partial charge in [-0.3, -0.25) is 4.79 Å². The molecule has 108 valence electrons. The van der Waals surface area contributed by atoms with Crippen LogP contribution in [0.5, 0.6) is 0 Å². The van der Waals surface area contributed by atoms with Gasteiger partial charge in [0.1, 0.15) is 23.2 Å². The van der Waals surface area contributed by atoms with Crippen LogP contribution in [0.15, 0.2) is 41.1 Å². The lowest BCUT2D eigenvalue weighted by Crippen LogP contribution is -2.40. The average molecular weight is 276 g/mol. The van der Waals surface area contributed by atoms with E-state index in [1.165, 1.54) is 0 Å². The number of rotatable bonds is 5. The minimum Gasteiger partial charge on any atom is -0.463 e. The number of aliphatic hydroxyl groups is 1. The highest BCUT2D eigenvalue weighted by Gasteiger charge is 2.28. The van der Waals surface area contributed by atoms with Gasteiger partial charge >= 0.3 is 0 Å². The molecular weight excluding hydrogens is 256 g/mol. The van der Waals surface area contributed by atoms with E-state index in [2.05, 4.69) is 5.32 Å². The molecule has 0 radical (unpaired) electrons. The highest BCUT2D eigenvalue weighted by atomic mass is 16.4. The van der Waals surface area contributed by atoms with Crippen molar-refractivity contribution in [3.05, 3.63) is 48.2 Å².